The van der Waals surface area contributed by atoms with Gasteiger partial charge in [-0.25, -0.2) is 0 Å². The SMILES string of the molecule is N#Cc1ccc(NCCc2ccccn2)cc1N. The predicted molar refractivity (Wildman–Crippen MR) is 72.0 cm³/mol. The molecule has 0 aliphatic rings. The summed E-state index contributed by atoms with van der Waals surface area (Å²) in [7, 11) is 0. The van der Waals surface area contributed by atoms with Gasteiger partial charge in [-0.15, -0.1) is 0 Å². The van der Waals surface area contributed by atoms with Gasteiger partial charge in [-0.2, -0.15) is 5.26 Å². The Labute approximate surface area is 106 Å². The van der Waals surface area contributed by atoms with Crippen LogP contribution >= 0.6 is 0 Å². The van der Waals surface area contributed by atoms with Gasteiger partial charge in [-0.05, 0) is 30.3 Å². The number of nitrogens with one attached hydrogen (secondary N) is 1. The van der Waals surface area contributed by atoms with Crippen molar-refractivity contribution in [1.29, 1.82) is 5.26 Å². The van der Waals surface area contributed by atoms with Gasteiger partial charge in [0.2, 0.25) is 0 Å². The number of benzene rings is 1. The van der Waals surface area contributed by atoms with Crippen LogP contribution in [0.4, 0.5) is 11.4 Å². The number of nitrogen functional groups attached to an aromatic ring is 1. The van der Waals surface area contributed by atoms with Crippen molar-refractivity contribution in [2.45, 2.75) is 6.42 Å². The van der Waals surface area contributed by atoms with Crippen LogP contribution in [0, 0.1) is 11.3 Å². The molecule has 2 rings (SSSR count). The fourth-order valence-corrected chi connectivity index (χ4v) is 1.66. The van der Waals surface area contributed by atoms with Crippen molar-refractivity contribution in [2.24, 2.45) is 0 Å². The van der Waals surface area contributed by atoms with E-state index in [0.717, 1.165) is 24.3 Å². The van der Waals surface area contributed by atoms with Gasteiger partial charge in [0.1, 0.15) is 6.07 Å². The van der Waals surface area contributed by atoms with E-state index in [0.29, 0.717) is 11.3 Å². The summed E-state index contributed by atoms with van der Waals surface area (Å²) in [6.45, 7) is 0.780. The molecule has 0 aliphatic heterocycles. The molecule has 1 aromatic heterocycles. The molecule has 1 aromatic carbocycles. The van der Waals surface area contributed by atoms with Crippen LogP contribution in [0.2, 0.25) is 0 Å². The number of nitrogens with zero attached hydrogens (tertiary/aromatic N) is 2. The highest BCUT2D eigenvalue weighted by Crippen LogP contribution is 2.16. The first-order chi connectivity index (χ1) is 8.79. The number of nitrogens with two attached hydrogens (primary N) is 1. The van der Waals surface area contributed by atoms with Crippen LogP contribution in [-0.2, 0) is 6.42 Å². The molecule has 0 radical (unpaired) electrons. The highest BCUT2D eigenvalue weighted by Gasteiger charge is 1.99. The van der Waals surface area contributed by atoms with E-state index in [-0.39, 0.29) is 0 Å². The lowest BCUT2D eigenvalue weighted by molar-refractivity contribution is 0.961. The Morgan fingerprint density at radius 3 is 2.83 bits per heavy atom. The largest absolute Gasteiger partial charge is 0.398 e. The molecule has 0 saturated heterocycles. The third-order valence-electron chi connectivity index (χ3n) is 2.61. The van der Waals surface area contributed by atoms with E-state index in [2.05, 4.69) is 10.3 Å². The van der Waals surface area contributed by atoms with Crippen molar-refractivity contribution in [1.82, 2.24) is 4.98 Å². The van der Waals surface area contributed by atoms with Crippen LogP contribution in [-0.4, -0.2) is 11.5 Å². The Kier molecular flexibility index (Phi) is 3.77. The van der Waals surface area contributed by atoms with Crippen molar-refractivity contribution in [3.8, 4) is 6.07 Å². The van der Waals surface area contributed by atoms with Gasteiger partial charge in [0, 0.05) is 30.5 Å². The van der Waals surface area contributed by atoms with E-state index in [1.807, 2.05) is 30.3 Å². The van der Waals surface area contributed by atoms with Crippen LogP contribution in [0.15, 0.2) is 42.6 Å². The van der Waals surface area contributed by atoms with Crippen LogP contribution in [0.3, 0.4) is 0 Å². The van der Waals surface area contributed by atoms with Crippen molar-refractivity contribution < 1.29 is 0 Å². The maximum Gasteiger partial charge on any atom is 0.101 e. The first kappa shape index (κ1) is 11.9. The Morgan fingerprint density at radius 2 is 2.17 bits per heavy atom. The molecule has 0 spiro atoms. The molecule has 0 aliphatic carbocycles. The van der Waals surface area contributed by atoms with Crippen molar-refractivity contribution in [3.63, 3.8) is 0 Å². The fraction of sp³-hybridized carbons (Fsp3) is 0.143. The molecule has 1 heterocycles. The number of hydrogen-bond donors (Lipinski definition) is 2. The number of rotatable bonds is 4. The summed E-state index contributed by atoms with van der Waals surface area (Å²) in [6.07, 6.45) is 2.63. The lowest BCUT2D eigenvalue weighted by Gasteiger charge is -2.07. The number of nitriles is 1. The minimum Gasteiger partial charge on any atom is -0.398 e. The Bertz CT molecular complexity index is 558. The van der Waals surface area contributed by atoms with Gasteiger partial charge in [-0.3, -0.25) is 4.98 Å². The summed E-state index contributed by atoms with van der Waals surface area (Å²) >= 11 is 0. The number of aromatic nitrogens is 1. The lowest BCUT2D eigenvalue weighted by atomic mass is 10.2. The predicted octanol–water partition coefficient (Wildman–Crippen LogP) is 2.19. The van der Waals surface area contributed by atoms with Gasteiger partial charge < -0.3 is 11.1 Å². The van der Waals surface area contributed by atoms with Gasteiger partial charge >= 0.3 is 0 Å². The van der Waals surface area contributed by atoms with E-state index in [4.69, 9.17) is 11.0 Å². The third kappa shape index (κ3) is 2.98. The molecular weight excluding hydrogens is 224 g/mol. The first-order valence-corrected chi connectivity index (χ1v) is 5.73. The van der Waals surface area contributed by atoms with Gasteiger partial charge in [0.15, 0.2) is 0 Å². The van der Waals surface area contributed by atoms with E-state index in [1.165, 1.54) is 0 Å². The molecular formula is C14H14N4. The number of hydrogen-bond acceptors (Lipinski definition) is 4. The standard InChI is InChI=1S/C14H14N4/c15-10-11-4-5-13(9-14(11)16)18-8-6-12-3-1-2-7-17-12/h1-5,7,9,18H,6,8,16H2. The van der Waals surface area contributed by atoms with Crippen molar-refractivity contribution in [2.75, 3.05) is 17.6 Å². The summed E-state index contributed by atoms with van der Waals surface area (Å²) in [5, 5.41) is 12.0. The Hall–Kier alpha value is -2.54. The zero-order chi connectivity index (χ0) is 12.8. The second kappa shape index (κ2) is 5.69. The molecule has 0 saturated carbocycles. The molecule has 0 unspecified atom stereocenters. The minimum atomic E-state index is 0.500. The van der Waals surface area contributed by atoms with Crippen LogP contribution in [0.25, 0.3) is 0 Å². The van der Waals surface area contributed by atoms with Crippen molar-refractivity contribution >= 4 is 11.4 Å². The molecule has 90 valence electrons. The van der Waals surface area contributed by atoms with Crippen molar-refractivity contribution in [3.05, 3.63) is 53.9 Å². The van der Waals surface area contributed by atoms with Crippen LogP contribution in [0.1, 0.15) is 11.3 Å². The fourth-order valence-electron chi connectivity index (χ4n) is 1.66. The smallest absolute Gasteiger partial charge is 0.101 e. The zero-order valence-corrected chi connectivity index (χ0v) is 9.93. The molecule has 0 atom stereocenters. The maximum atomic E-state index is 8.78. The molecule has 2 aromatic rings. The summed E-state index contributed by atoms with van der Waals surface area (Å²) in [6, 6.07) is 13.3. The second-order valence-corrected chi connectivity index (χ2v) is 3.91. The summed E-state index contributed by atoms with van der Waals surface area (Å²) in [5.74, 6) is 0. The monoisotopic (exact) mass is 238 g/mol. The molecule has 3 N–H and O–H groups in total. The second-order valence-electron chi connectivity index (χ2n) is 3.91. The number of anilines is 2. The molecule has 4 nitrogen and oxygen atoms in total. The summed E-state index contributed by atoms with van der Waals surface area (Å²) in [4.78, 5) is 4.25. The Balaban J connectivity index is 1.91. The lowest BCUT2D eigenvalue weighted by Crippen LogP contribution is -2.06. The first-order valence-electron chi connectivity index (χ1n) is 5.73. The highest BCUT2D eigenvalue weighted by molar-refractivity contribution is 5.62. The van der Waals surface area contributed by atoms with E-state index in [1.54, 1.807) is 18.3 Å². The van der Waals surface area contributed by atoms with Gasteiger partial charge in [0.05, 0.1) is 11.3 Å². The highest BCUT2D eigenvalue weighted by atomic mass is 14.9. The Morgan fingerprint density at radius 1 is 1.28 bits per heavy atom. The molecule has 0 bridgehead atoms. The number of pyridine rings is 1. The molecule has 0 amide bonds. The summed E-state index contributed by atoms with van der Waals surface area (Å²) in [5.41, 5.74) is 8.71. The minimum absolute atomic E-state index is 0.500. The molecule has 0 fully saturated rings. The zero-order valence-electron chi connectivity index (χ0n) is 9.93. The van der Waals surface area contributed by atoms with Gasteiger partial charge in [0.25, 0.3) is 0 Å². The average molecular weight is 238 g/mol. The van der Waals surface area contributed by atoms with Crippen LogP contribution in [0.5, 0.6) is 0 Å². The molecule has 18 heavy (non-hydrogen) atoms. The van der Waals surface area contributed by atoms with E-state index in [9.17, 15) is 0 Å². The topological polar surface area (TPSA) is 74.7 Å². The van der Waals surface area contributed by atoms with E-state index >= 15 is 0 Å². The van der Waals surface area contributed by atoms with Crippen LogP contribution < -0.4 is 11.1 Å². The third-order valence-corrected chi connectivity index (χ3v) is 2.61. The average Bonchev–Trinajstić information content (AvgIpc) is 2.40. The quantitative estimate of drug-likeness (QED) is 0.801. The van der Waals surface area contributed by atoms with E-state index < -0.39 is 0 Å². The maximum absolute atomic E-state index is 8.78. The normalized spacial score (nSPS) is 9.72. The molecule has 4 heteroatoms. The summed E-state index contributed by atoms with van der Waals surface area (Å²) < 4.78 is 0. The van der Waals surface area contributed by atoms with Gasteiger partial charge in [-0.1, -0.05) is 6.07 Å².